The molecule has 1 aliphatic carbocycles. The number of hydrogen-bond donors (Lipinski definition) is 1. The van der Waals surface area contributed by atoms with Crippen molar-refractivity contribution in [3.63, 3.8) is 0 Å². The summed E-state index contributed by atoms with van der Waals surface area (Å²) in [6.07, 6.45) is 6.86. The largest absolute Gasteiger partial charge is 0.382 e. The van der Waals surface area contributed by atoms with Gasteiger partial charge in [0.1, 0.15) is 5.60 Å². The van der Waals surface area contributed by atoms with E-state index in [0.29, 0.717) is 23.9 Å². The highest BCUT2D eigenvalue weighted by molar-refractivity contribution is 6.10. The zero-order valence-corrected chi connectivity index (χ0v) is 11.5. The van der Waals surface area contributed by atoms with Gasteiger partial charge in [-0.3, -0.25) is 9.78 Å². The van der Waals surface area contributed by atoms with Gasteiger partial charge in [0.2, 0.25) is 0 Å². The third kappa shape index (κ3) is 2.34. The van der Waals surface area contributed by atoms with E-state index in [4.69, 9.17) is 0 Å². The first kappa shape index (κ1) is 13.3. The lowest BCUT2D eigenvalue weighted by molar-refractivity contribution is 0.0239. The first-order valence-corrected chi connectivity index (χ1v) is 7.32. The number of benzene rings is 1. The minimum atomic E-state index is -1.21. The van der Waals surface area contributed by atoms with Gasteiger partial charge in [0.15, 0.2) is 5.78 Å². The van der Waals surface area contributed by atoms with E-state index < -0.39 is 5.60 Å². The number of carbonyl (C=O) groups is 1. The molecule has 3 nitrogen and oxygen atoms in total. The fourth-order valence-electron chi connectivity index (χ4n) is 3.08. The van der Waals surface area contributed by atoms with Crippen LogP contribution in [0.4, 0.5) is 0 Å². The molecule has 1 N–H and O–H groups in total. The van der Waals surface area contributed by atoms with Crippen molar-refractivity contribution in [1.82, 2.24) is 4.98 Å². The van der Waals surface area contributed by atoms with Crippen LogP contribution in [0.15, 0.2) is 36.5 Å². The minimum absolute atomic E-state index is 0.163. The van der Waals surface area contributed by atoms with Gasteiger partial charge in [0.05, 0.1) is 5.52 Å². The molecule has 104 valence electrons. The Morgan fingerprint density at radius 2 is 1.75 bits per heavy atom. The second-order valence-corrected chi connectivity index (χ2v) is 5.66. The summed E-state index contributed by atoms with van der Waals surface area (Å²) in [4.78, 5) is 17.1. The molecule has 1 aromatic heterocycles. The van der Waals surface area contributed by atoms with Crippen molar-refractivity contribution >= 4 is 16.7 Å². The van der Waals surface area contributed by atoms with Crippen LogP contribution in [0.1, 0.15) is 48.9 Å². The van der Waals surface area contributed by atoms with Crippen LogP contribution in [0.25, 0.3) is 10.9 Å². The molecule has 0 amide bonds. The smallest absolute Gasteiger partial charge is 0.196 e. The van der Waals surface area contributed by atoms with Crippen LogP contribution in [0.5, 0.6) is 0 Å². The Kier molecular flexibility index (Phi) is 3.53. The van der Waals surface area contributed by atoms with E-state index in [1.165, 1.54) is 0 Å². The number of aliphatic hydroxyl groups is 1. The average molecular weight is 269 g/mol. The van der Waals surface area contributed by atoms with Crippen LogP contribution in [0.3, 0.4) is 0 Å². The van der Waals surface area contributed by atoms with Gasteiger partial charge in [-0.2, -0.15) is 0 Å². The fourth-order valence-corrected chi connectivity index (χ4v) is 3.08. The van der Waals surface area contributed by atoms with Gasteiger partial charge in [-0.25, -0.2) is 0 Å². The second kappa shape index (κ2) is 5.33. The van der Waals surface area contributed by atoms with E-state index in [1.54, 1.807) is 12.3 Å². The van der Waals surface area contributed by atoms with Crippen molar-refractivity contribution < 1.29 is 9.90 Å². The van der Waals surface area contributed by atoms with Crippen molar-refractivity contribution in [2.75, 3.05) is 0 Å². The van der Waals surface area contributed by atoms with Crippen molar-refractivity contribution in [2.24, 2.45) is 0 Å². The molecule has 1 fully saturated rings. The van der Waals surface area contributed by atoms with Crippen LogP contribution >= 0.6 is 0 Å². The number of fused-ring (bicyclic) bond motifs is 1. The molecule has 1 heterocycles. The van der Waals surface area contributed by atoms with E-state index >= 15 is 0 Å². The Morgan fingerprint density at radius 3 is 2.50 bits per heavy atom. The standard InChI is InChI=1S/C17H19NO2/c19-16(17(20)10-3-1-2-4-11-17)14-9-5-7-13-8-6-12-18-15(13)14/h5-9,12,20H,1-4,10-11H2. The maximum Gasteiger partial charge on any atom is 0.196 e. The van der Waals surface area contributed by atoms with Crippen molar-refractivity contribution in [3.05, 3.63) is 42.1 Å². The number of aromatic nitrogens is 1. The summed E-state index contributed by atoms with van der Waals surface area (Å²) in [5, 5.41) is 11.7. The van der Waals surface area contributed by atoms with Crippen molar-refractivity contribution in [3.8, 4) is 0 Å². The maximum atomic E-state index is 12.8. The molecule has 1 aliphatic rings. The lowest BCUT2D eigenvalue weighted by Gasteiger charge is -2.25. The van der Waals surface area contributed by atoms with Gasteiger partial charge in [-0.1, -0.05) is 43.9 Å². The van der Waals surface area contributed by atoms with E-state index in [-0.39, 0.29) is 5.78 Å². The molecule has 3 heteroatoms. The summed E-state index contributed by atoms with van der Waals surface area (Å²) in [6, 6.07) is 9.38. The zero-order valence-electron chi connectivity index (χ0n) is 11.5. The van der Waals surface area contributed by atoms with E-state index in [9.17, 15) is 9.90 Å². The van der Waals surface area contributed by atoms with Crippen LogP contribution in [0, 0.1) is 0 Å². The Labute approximate surface area is 118 Å². The Hall–Kier alpha value is -1.74. The third-order valence-corrected chi connectivity index (χ3v) is 4.23. The maximum absolute atomic E-state index is 12.8. The predicted molar refractivity (Wildman–Crippen MR) is 78.7 cm³/mol. The summed E-state index contributed by atoms with van der Waals surface area (Å²) >= 11 is 0. The molecule has 0 spiro atoms. The minimum Gasteiger partial charge on any atom is -0.382 e. The molecule has 2 aromatic rings. The quantitative estimate of drug-likeness (QED) is 0.670. The molecular weight excluding hydrogens is 250 g/mol. The van der Waals surface area contributed by atoms with Crippen molar-refractivity contribution in [1.29, 1.82) is 0 Å². The molecule has 0 aliphatic heterocycles. The Bertz CT molecular complexity index is 622. The van der Waals surface area contributed by atoms with E-state index in [0.717, 1.165) is 31.1 Å². The lowest BCUT2D eigenvalue weighted by atomic mass is 9.85. The molecule has 0 atom stereocenters. The lowest BCUT2D eigenvalue weighted by Crippen LogP contribution is -2.38. The van der Waals surface area contributed by atoms with E-state index in [1.807, 2.05) is 24.3 Å². The summed E-state index contributed by atoms with van der Waals surface area (Å²) in [6.45, 7) is 0. The van der Waals surface area contributed by atoms with Gasteiger partial charge < -0.3 is 5.11 Å². The highest BCUT2D eigenvalue weighted by atomic mass is 16.3. The number of para-hydroxylation sites is 1. The molecule has 0 unspecified atom stereocenters. The van der Waals surface area contributed by atoms with Crippen LogP contribution in [-0.2, 0) is 0 Å². The van der Waals surface area contributed by atoms with Crippen LogP contribution in [-0.4, -0.2) is 21.5 Å². The van der Waals surface area contributed by atoms with E-state index in [2.05, 4.69) is 4.98 Å². The number of hydrogen-bond acceptors (Lipinski definition) is 3. The molecule has 0 bridgehead atoms. The number of pyridine rings is 1. The SMILES string of the molecule is O=C(c1cccc2cccnc12)C1(O)CCCCCC1. The highest BCUT2D eigenvalue weighted by Gasteiger charge is 2.37. The first-order valence-electron chi connectivity index (χ1n) is 7.32. The molecular formula is C17H19NO2. The van der Waals surface area contributed by atoms with Gasteiger partial charge in [0, 0.05) is 17.1 Å². The summed E-state index contributed by atoms with van der Waals surface area (Å²) in [5.41, 5.74) is 0.0349. The van der Waals surface area contributed by atoms with Crippen LogP contribution < -0.4 is 0 Å². The number of carbonyl (C=O) groups excluding carboxylic acids is 1. The number of rotatable bonds is 2. The van der Waals surface area contributed by atoms with Crippen LogP contribution in [0.2, 0.25) is 0 Å². The monoisotopic (exact) mass is 269 g/mol. The third-order valence-electron chi connectivity index (χ3n) is 4.23. The van der Waals surface area contributed by atoms with Crippen molar-refractivity contribution in [2.45, 2.75) is 44.1 Å². The topological polar surface area (TPSA) is 50.2 Å². The molecule has 1 saturated carbocycles. The number of ketones is 1. The molecule has 1 aromatic carbocycles. The molecule has 0 radical (unpaired) electrons. The first-order chi connectivity index (χ1) is 9.71. The fraction of sp³-hybridized carbons (Fsp3) is 0.412. The van der Waals surface area contributed by atoms with Gasteiger partial charge in [-0.05, 0) is 25.0 Å². The Balaban J connectivity index is 2.03. The summed E-state index contributed by atoms with van der Waals surface area (Å²) < 4.78 is 0. The second-order valence-electron chi connectivity index (χ2n) is 5.66. The highest BCUT2D eigenvalue weighted by Crippen LogP contribution is 2.31. The number of nitrogens with zero attached hydrogens (tertiary/aromatic N) is 1. The number of Topliss-reactive ketones (excluding diaryl/α,β-unsaturated/α-hetero) is 1. The predicted octanol–water partition coefficient (Wildman–Crippen LogP) is 3.50. The molecule has 3 rings (SSSR count). The van der Waals surface area contributed by atoms with Gasteiger partial charge in [-0.15, -0.1) is 0 Å². The normalized spacial score (nSPS) is 18.6. The van der Waals surface area contributed by atoms with Gasteiger partial charge in [0.25, 0.3) is 0 Å². The Morgan fingerprint density at radius 1 is 1.05 bits per heavy atom. The molecule has 0 saturated heterocycles. The zero-order chi connectivity index (χ0) is 14.0. The average Bonchev–Trinajstić information content (AvgIpc) is 2.72. The summed E-state index contributed by atoms with van der Waals surface area (Å²) in [7, 11) is 0. The summed E-state index contributed by atoms with van der Waals surface area (Å²) in [5.74, 6) is -0.163. The molecule has 20 heavy (non-hydrogen) atoms. The van der Waals surface area contributed by atoms with Gasteiger partial charge >= 0.3 is 0 Å².